The largest absolute Gasteiger partial charge is 0.488 e. The molecular weight excluding hydrogens is 369 g/mol. The zero-order chi connectivity index (χ0) is 18.4. The fourth-order valence-electron chi connectivity index (χ4n) is 2.98. The summed E-state index contributed by atoms with van der Waals surface area (Å²) >= 11 is 1.43. The van der Waals surface area contributed by atoms with Crippen LogP contribution in [0.4, 0.5) is 4.39 Å². The van der Waals surface area contributed by atoms with Gasteiger partial charge < -0.3 is 14.2 Å². The van der Waals surface area contributed by atoms with Gasteiger partial charge in [0, 0.05) is 22.6 Å². The van der Waals surface area contributed by atoms with Gasteiger partial charge in [-0.05, 0) is 36.4 Å². The van der Waals surface area contributed by atoms with E-state index in [1.165, 1.54) is 23.5 Å². The lowest BCUT2D eigenvalue weighted by atomic mass is 9.99. The fourth-order valence-corrected chi connectivity index (χ4v) is 3.76. The zero-order valence-electron chi connectivity index (χ0n) is 13.9. The molecule has 2 aliphatic rings. The highest BCUT2D eigenvalue weighted by molar-refractivity contribution is 7.13. The number of nitrogens with zero attached hydrogens (tertiary/aromatic N) is 1. The van der Waals surface area contributed by atoms with E-state index in [1.54, 1.807) is 30.3 Å². The van der Waals surface area contributed by atoms with E-state index in [1.807, 2.05) is 5.38 Å². The number of rotatable bonds is 2. The molecule has 7 heteroatoms. The molecule has 0 atom stereocenters. The van der Waals surface area contributed by atoms with Gasteiger partial charge in [0.25, 0.3) is 0 Å². The first-order valence-electron chi connectivity index (χ1n) is 8.20. The van der Waals surface area contributed by atoms with Crippen LogP contribution < -0.4 is 14.2 Å². The van der Waals surface area contributed by atoms with Gasteiger partial charge in [-0.1, -0.05) is 0 Å². The third-order valence-electron chi connectivity index (χ3n) is 4.33. The van der Waals surface area contributed by atoms with Crippen LogP contribution >= 0.6 is 11.3 Å². The Morgan fingerprint density at radius 3 is 2.63 bits per heavy atom. The number of hydrogen-bond donors (Lipinski definition) is 0. The van der Waals surface area contributed by atoms with Crippen LogP contribution in [0, 0.1) is 5.82 Å². The summed E-state index contributed by atoms with van der Waals surface area (Å²) in [4.78, 5) is 17.3. The summed E-state index contributed by atoms with van der Waals surface area (Å²) in [6.45, 7) is 0.301. The molecular formula is C20H12FNO4S. The molecule has 2 aliphatic heterocycles. The molecule has 0 amide bonds. The Kier molecular flexibility index (Phi) is 3.68. The van der Waals surface area contributed by atoms with Crippen LogP contribution in [0.1, 0.15) is 16.1 Å². The van der Waals surface area contributed by atoms with Crippen molar-refractivity contribution in [2.24, 2.45) is 0 Å². The molecule has 3 heterocycles. The van der Waals surface area contributed by atoms with Gasteiger partial charge in [0.05, 0.1) is 11.3 Å². The Hall–Kier alpha value is -3.19. The average molecular weight is 381 g/mol. The molecule has 0 bridgehead atoms. The van der Waals surface area contributed by atoms with Crippen LogP contribution in [-0.4, -0.2) is 24.2 Å². The number of halogens is 1. The highest BCUT2D eigenvalue weighted by Gasteiger charge is 2.28. The number of fused-ring (bicyclic) bond motifs is 2. The van der Waals surface area contributed by atoms with E-state index < -0.39 is 0 Å². The Morgan fingerprint density at radius 2 is 1.81 bits per heavy atom. The van der Waals surface area contributed by atoms with E-state index in [-0.39, 0.29) is 25.0 Å². The lowest BCUT2D eigenvalue weighted by Crippen LogP contribution is -2.19. The molecule has 3 aromatic rings. The van der Waals surface area contributed by atoms with Crippen molar-refractivity contribution in [3.8, 4) is 27.8 Å². The van der Waals surface area contributed by atoms with Crippen molar-refractivity contribution in [3.05, 3.63) is 64.4 Å². The van der Waals surface area contributed by atoms with Crippen molar-refractivity contribution in [1.82, 2.24) is 4.98 Å². The maximum absolute atomic E-state index is 13.1. The number of ether oxygens (including phenoxy) is 3. The van der Waals surface area contributed by atoms with Crippen molar-refractivity contribution in [3.63, 3.8) is 0 Å². The molecule has 0 saturated carbocycles. The third kappa shape index (κ3) is 2.86. The van der Waals surface area contributed by atoms with Crippen molar-refractivity contribution < 1.29 is 23.4 Å². The molecule has 5 rings (SSSR count). The first-order valence-corrected chi connectivity index (χ1v) is 9.08. The second-order valence-electron chi connectivity index (χ2n) is 6.07. The Morgan fingerprint density at radius 1 is 1.04 bits per heavy atom. The summed E-state index contributed by atoms with van der Waals surface area (Å²) in [6.07, 6.45) is 1.72. The molecule has 27 heavy (non-hydrogen) atoms. The van der Waals surface area contributed by atoms with E-state index in [9.17, 15) is 9.18 Å². The van der Waals surface area contributed by atoms with E-state index >= 15 is 0 Å². The summed E-state index contributed by atoms with van der Waals surface area (Å²) in [6, 6.07) is 9.49. The van der Waals surface area contributed by atoms with Crippen LogP contribution in [0.2, 0.25) is 0 Å². The molecule has 0 unspecified atom stereocenters. The van der Waals surface area contributed by atoms with Crippen molar-refractivity contribution in [2.75, 3.05) is 13.4 Å². The first-order chi connectivity index (χ1) is 13.2. The molecule has 2 aromatic carbocycles. The van der Waals surface area contributed by atoms with Crippen LogP contribution in [0.25, 0.3) is 16.6 Å². The molecule has 0 N–H and O–H groups in total. The monoisotopic (exact) mass is 381 g/mol. The van der Waals surface area contributed by atoms with Gasteiger partial charge in [-0.15, -0.1) is 11.3 Å². The molecule has 5 nitrogen and oxygen atoms in total. The summed E-state index contributed by atoms with van der Waals surface area (Å²) in [5.74, 6) is 1.20. The average Bonchev–Trinajstić information content (AvgIpc) is 3.32. The number of Topliss-reactive ketones (excluding diaryl/α,β-unsaturated/α-hetero) is 1. The van der Waals surface area contributed by atoms with Gasteiger partial charge in [0.2, 0.25) is 6.79 Å². The van der Waals surface area contributed by atoms with E-state index in [2.05, 4.69) is 4.98 Å². The number of aromatic nitrogens is 1. The SMILES string of the molecule is O=C1C(=Cc2csc(-c3ccc(F)cc3)n2)COc2cc3c(cc21)OCO3. The van der Waals surface area contributed by atoms with Crippen LogP contribution in [0.3, 0.4) is 0 Å². The maximum atomic E-state index is 13.1. The van der Waals surface area contributed by atoms with Crippen LogP contribution in [0.15, 0.2) is 47.4 Å². The second-order valence-corrected chi connectivity index (χ2v) is 6.93. The van der Waals surface area contributed by atoms with Crippen LogP contribution in [-0.2, 0) is 0 Å². The van der Waals surface area contributed by atoms with E-state index in [4.69, 9.17) is 14.2 Å². The number of thiazole rings is 1. The number of carbonyl (C=O) groups excluding carboxylic acids is 1. The first kappa shape index (κ1) is 16.0. The highest BCUT2D eigenvalue weighted by Crippen LogP contribution is 2.40. The van der Waals surface area contributed by atoms with Gasteiger partial charge in [0.1, 0.15) is 23.2 Å². The molecule has 0 fully saturated rings. The smallest absolute Gasteiger partial charge is 0.231 e. The van der Waals surface area contributed by atoms with Crippen molar-refractivity contribution in [2.45, 2.75) is 0 Å². The van der Waals surface area contributed by atoms with Crippen molar-refractivity contribution >= 4 is 23.2 Å². The zero-order valence-corrected chi connectivity index (χ0v) is 14.7. The lowest BCUT2D eigenvalue weighted by Gasteiger charge is -2.19. The van der Waals surface area contributed by atoms with Gasteiger partial charge in [-0.3, -0.25) is 4.79 Å². The lowest BCUT2D eigenvalue weighted by molar-refractivity contribution is 0.100. The Balaban J connectivity index is 1.45. The fraction of sp³-hybridized carbons (Fsp3) is 0.100. The van der Waals surface area contributed by atoms with Gasteiger partial charge in [-0.2, -0.15) is 0 Å². The summed E-state index contributed by atoms with van der Waals surface area (Å²) in [7, 11) is 0. The second kappa shape index (κ2) is 6.21. The third-order valence-corrected chi connectivity index (χ3v) is 5.24. The molecule has 0 aliphatic carbocycles. The molecule has 0 spiro atoms. The van der Waals surface area contributed by atoms with E-state index in [0.717, 1.165) is 10.6 Å². The predicted molar refractivity (Wildman–Crippen MR) is 97.9 cm³/mol. The maximum Gasteiger partial charge on any atom is 0.231 e. The predicted octanol–water partition coefficient (Wildman–Crippen LogP) is 4.34. The van der Waals surface area contributed by atoms with Gasteiger partial charge >= 0.3 is 0 Å². The standard InChI is InChI=1S/C20H12FNO4S/c21-13-3-1-11(2-4-13)20-22-14(9-27-20)5-12-8-24-16-7-18-17(25-10-26-18)6-15(16)19(12)23/h1-7,9H,8,10H2. The minimum Gasteiger partial charge on any atom is -0.488 e. The minimum absolute atomic E-state index is 0.120. The molecule has 134 valence electrons. The van der Waals surface area contributed by atoms with E-state index in [0.29, 0.717) is 34.1 Å². The molecule has 1 aromatic heterocycles. The van der Waals surface area contributed by atoms with Gasteiger partial charge in [0.15, 0.2) is 17.3 Å². The Labute approximate surface area is 157 Å². The summed E-state index contributed by atoms with van der Waals surface area (Å²) < 4.78 is 29.4. The number of benzene rings is 2. The molecule has 0 saturated heterocycles. The number of carbonyl (C=O) groups is 1. The highest BCUT2D eigenvalue weighted by atomic mass is 32.1. The minimum atomic E-state index is -0.290. The quantitative estimate of drug-likeness (QED) is 0.618. The molecule has 0 radical (unpaired) electrons. The Bertz CT molecular complexity index is 1090. The van der Waals surface area contributed by atoms with Crippen LogP contribution in [0.5, 0.6) is 17.2 Å². The topological polar surface area (TPSA) is 57.7 Å². The summed E-state index contributed by atoms with van der Waals surface area (Å²) in [5.41, 5.74) is 2.45. The number of hydrogen-bond acceptors (Lipinski definition) is 6. The van der Waals surface area contributed by atoms with Crippen molar-refractivity contribution in [1.29, 1.82) is 0 Å². The summed E-state index contributed by atoms with van der Waals surface area (Å²) in [5, 5.41) is 2.61. The van der Waals surface area contributed by atoms with Gasteiger partial charge in [-0.25, -0.2) is 9.37 Å². The number of ketones is 1. The normalized spacial score (nSPS) is 16.3.